The number of hydrogen-bond donors (Lipinski definition) is 0. The number of halogens is 2. The maximum atomic E-state index is 13.3. The third kappa shape index (κ3) is 3.00. The first-order valence-corrected chi connectivity index (χ1v) is 9.17. The first-order chi connectivity index (χ1) is 10.9. The SMILES string of the molecule is CCc1cc(C2CCCN2S(=O)(=O)c2ccc(F)c(Cl)c2)on1. The van der Waals surface area contributed by atoms with Crippen LogP contribution in [-0.2, 0) is 16.4 Å². The second kappa shape index (κ2) is 6.22. The molecule has 0 aliphatic carbocycles. The van der Waals surface area contributed by atoms with Crippen LogP contribution in [0, 0.1) is 5.82 Å². The van der Waals surface area contributed by atoms with E-state index in [-0.39, 0.29) is 9.92 Å². The molecule has 0 spiro atoms. The molecule has 0 saturated carbocycles. The molecule has 1 aliphatic heterocycles. The molecular weight excluding hydrogens is 343 g/mol. The summed E-state index contributed by atoms with van der Waals surface area (Å²) in [4.78, 5) is -0.0222. The number of sulfonamides is 1. The van der Waals surface area contributed by atoms with E-state index in [1.54, 1.807) is 6.07 Å². The Balaban J connectivity index is 1.96. The molecule has 5 nitrogen and oxygen atoms in total. The Hall–Kier alpha value is -1.44. The fraction of sp³-hybridized carbons (Fsp3) is 0.400. The fourth-order valence-electron chi connectivity index (χ4n) is 2.74. The third-order valence-corrected chi connectivity index (χ3v) is 6.16. The Bertz CT molecular complexity index is 822. The lowest BCUT2D eigenvalue weighted by Crippen LogP contribution is -2.30. The highest BCUT2D eigenvalue weighted by atomic mass is 35.5. The summed E-state index contributed by atoms with van der Waals surface area (Å²) in [6.07, 6.45) is 2.10. The van der Waals surface area contributed by atoms with E-state index >= 15 is 0 Å². The minimum Gasteiger partial charge on any atom is -0.359 e. The van der Waals surface area contributed by atoms with Crippen LogP contribution >= 0.6 is 11.6 Å². The minimum atomic E-state index is -3.78. The van der Waals surface area contributed by atoms with Gasteiger partial charge in [-0.1, -0.05) is 23.7 Å². The van der Waals surface area contributed by atoms with Crippen molar-refractivity contribution in [3.05, 3.63) is 46.6 Å². The summed E-state index contributed by atoms with van der Waals surface area (Å²) in [6.45, 7) is 2.33. The lowest BCUT2D eigenvalue weighted by molar-refractivity contribution is 0.296. The van der Waals surface area contributed by atoms with Gasteiger partial charge in [-0.3, -0.25) is 0 Å². The lowest BCUT2D eigenvalue weighted by atomic mass is 10.1. The molecule has 1 fully saturated rings. The molecule has 2 heterocycles. The largest absolute Gasteiger partial charge is 0.359 e. The van der Waals surface area contributed by atoms with Gasteiger partial charge in [0.2, 0.25) is 10.0 Å². The van der Waals surface area contributed by atoms with Crippen molar-refractivity contribution in [1.82, 2.24) is 9.46 Å². The van der Waals surface area contributed by atoms with Gasteiger partial charge in [0.05, 0.1) is 21.7 Å². The zero-order valence-electron chi connectivity index (χ0n) is 12.5. The second-order valence-electron chi connectivity index (χ2n) is 5.42. The minimum absolute atomic E-state index is 0.0222. The van der Waals surface area contributed by atoms with E-state index in [1.165, 1.54) is 10.4 Å². The Morgan fingerprint density at radius 2 is 2.22 bits per heavy atom. The molecular formula is C15H16ClFN2O3S. The summed E-state index contributed by atoms with van der Waals surface area (Å²) in [5.41, 5.74) is 0.786. The maximum absolute atomic E-state index is 13.3. The van der Waals surface area contributed by atoms with Crippen LogP contribution in [0.15, 0.2) is 33.7 Å². The summed E-state index contributed by atoms with van der Waals surface area (Å²) in [5.74, 6) is -0.109. The lowest BCUT2D eigenvalue weighted by Gasteiger charge is -2.22. The molecule has 1 unspecified atom stereocenters. The van der Waals surface area contributed by atoms with Gasteiger partial charge in [-0.05, 0) is 37.5 Å². The molecule has 0 radical (unpaired) electrons. The van der Waals surface area contributed by atoms with Crippen LogP contribution in [0.4, 0.5) is 4.39 Å². The average Bonchev–Trinajstić information content (AvgIpc) is 3.17. The van der Waals surface area contributed by atoms with Crippen molar-refractivity contribution in [2.24, 2.45) is 0 Å². The summed E-state index contributed by atoms with van der Waals surface area (Å²) >= 11 is 5.72. The van der Waals surface area contributed by atoms with E-state index in [9.17, 15) is 12.8 Å². The molecule has 1 aromatic carbocycles. The first kappa shape index (κ1) is 16.4. The van der Waals surface area contributed by atoms with Gasteiger partial charge in [0, 0.05) is 12.6 Å². The number of rotatable bonds is 4. The Labute approximate surface area is 139 Å². The fourth-order valence-corrected chi connectivity index (χ4v) is 4.67. The molecule has 23 heavy (non-hydrogen) atoms. The highest BCUT2D eigenvalue weighted by Crippen LogP contribution is 2.37. The molecule has 1 aromatic heterocycles. The highest BCUT2D eigenvalue weighted by Gasteiger charge is 2.38. The van der Waals surface area contributed by atoms with Gasteiger partial charge in [-0.25, -0.2) is 12.8 Å². The molecule has 2 aromatic rings. The Kier molecular flexibility index (Phi) is 4.44. The van der Waals surface area contributed by atoms with Crippen molar-refractivity contribution >= 4 is 21.6 Å². The zero-order valence-corrected chi connectivity index (χ0v) is 14.1. The summed E-state index contributed by atoms with van der Waals surface area (Å²) < 4.78 is 45.6. The van der Waals surface area contributed by atoms with Crippen molar-refractivity contribution in [2.45, 2.75) is 37.1 Å². The van der Waals surface area contributed by atoms with Crippen LogP contribution in [0.1, 0.15) is 37.3 Å². The quantitative estimate of drug-likeness (QED) is 0.838. The summed E-state index contributed by atoms with van der Waals surface area (Å²) in [7, 11) is -3.78. The van der Waals surface area contributed by atoms with Gasteiger partial charge in [-0.15, -0.1) is 0 Å². The predicted molar refractivity (Wildman–Crippen MR) is 83.2 cm³/mol. The Morgan fingerprint density at radius 1 is 1.43 bits per heavy atom. The van der Waals surface area contributed by atoms with Crippen molar-refractivity contribution < 1.29 is 17.3 Å². The van der Waals surface area contributed by atoms with Gasteiger partial charge in [0.1, 0.15) is 5.82 Å². The predicted octanol–water partition coefficient (Wildman–Crippen LogP) is 3.56. The van der Waals surface area contributed by atoms with Crippen LogP contribution in [0.3, 0.4) is 0 Å². The van der Waals surface area contributed by atoms with Gasteiger partial charge in [-0.2, -0.15) is 4.31 Å². The van der Waals surface area contributed by atoms with Crippen molar-refractivity contribution in [1.29, 1.82) is 0 Å². The molecule has 0 bridgehead atoms. The number of aromatic nitrogens is 1. The van der Waals surface area contributed by atoms with Gasteiger partial charge in [0.15, 0.2) is 5.76 Å². The molecule has 124 valence electrons. The maximum Gasteiger partial charge on any atom is 0.243 e. The van der Waals surface area contributed by atoms with Gasteiger partial charge in [0.25, 0.3) is 0 Å². The average molecular weight is 359 g/mol. The second-order valence-corrected chi connectivity index (χ2v) is 7.72. The van der Waals surface area contributed by atoms with Crippen LogP contribution < -0.4 is 0 Å². The zero-order chi connectivity index (χ0) is 16.6. The first-order valence-electron chi connectivity index (χ1n) is 7.36. The number of nitrogens with zero attached hydrogens (tertiary/aromatic N) is 2. The van der Waals surface area contributed by atoms with E-state index in [2.05, 4.69) is 5.16 Å². The van der Waals surface area contributed by atoms with E-state index in [0.717, 1.165) is 30.7 Å². The van der Waals surface area contributed by atoms with E-state index in [0.29, 0.717) is 18.7 Å². The van der Waals surface area contributed by atoms with E-state index < -0.39 is 21.9 Å². The van der Waals surface area contributed by atoms with Gasteiger partial charge < -0.3 is 4.52 Å². The highest BCUT2D eigenvalue weighted by molar-refractivity contribution is 7.89. The molecule has 8 heteroatoms. The van der Waals surface area contributed by atoms with Gasteiger partial charge >= 0.3 is 0 Å². The third-order valence-electron chi connectivity index (χ3n) is 3.97. The summed E-state index contributed by atoms with van der Waals surface area (Å²) in [5, 5.41) is 3.71. The van der Waals surface area contributed by atoms with E-state index in [4.69, 9.17) is 16.1 Å². The van der Waals surface area contributed by atoms with E-state index in [1.807, 2.05) is 6.92 Å². The molecule has 1 saturated heterocycles. The standard InChI is InChI=1S/C15H16ClFN2O3S/c1-2-10-8-15(22-18-10)14-4-3-7-19(14)23(20,21)11-5-6-13(17)12(16)9-11/h5-6,8-9,14H,2-4,7H2,1H3. The molecule has 1 aliphatic rings. The molecule has 0 N–H and O–H groups in total. The normalized spacial score (nSPS) is 19.3. The number of benzene rings is 1. The molecule has 1 atom stereocenters. The van der Waals surface area contributed by atoms with Crippen LogP contribution in [0.2, 0.25) is 5.02 Å². The number of hydrogen-bond acceptors (Lipinski definition) is 4. The Morgan fingerprint density at radius 3 is 2.87 bits per heavy atom. The van der Waals surface area contributed by atoms with Crippen LogP contribution in [0.25, 0.3) is 0 Å². The van der Waals surface area contributed by atoms with Crippen molar-refractivity contribution in [2.75, 3.05) is 6.54 Å². The topological polar surface area (TPSA) is 63.4 Å². The van der Waals surface area contributed by atoms with Crippen LogP contribution in [0.5, 0.6) is 0 Å². The van der Waals surface area contributed by atoms with Crippen molar-refractivity contribution in [3.8, 4) is 0 Å². The molecule has 3 rings (SSSR count). The summed E-state index contributed by atoms with van der Waals surface area (Å²) in [6, 6.07) is 4.82. The molecule has 0 amide bonds. The monoisotopic (exact) mass is 358 g/mol. The van der Waals surface area contributed by atoms with Crippen molar-refractivity contribution in [3.63, 3.8) is 0 Å². The van der Waals surface area contributed by atoms with Crippen LogP contribution in [-0.4, -0.2) is 24.4 Å². The smallest absolute Gasteiger partial charge is 0.243 e. The number of aryl methyl sites for hydroxylation is 1.